The Balaban J connectivity index is 2.48. The van der Waals surface area contributed by atoms with Crippen molar-refractivity contribution in [2.75, 3.05) is 0 Å². The zero-order chi connectivity index (χ0) is 11.1. The number of hydrogen-bond donors (Lipinski definition) is 1. The maximum Gasteiger partial charge on any atom is 0.0891 e. The molecule has 0 aliphatic carbocycles. The van der Waals surface area contributed by atoms with Crippen LogP contribution in [0, 0.1) is 5.41 Å². The number of rotatable bonds is 0. The van der Waals surface area contributed by atoms with Gasteiger partial charge in [0.25, 0.3) is 0 Å². The first-order valence-corrected chi connectivity index (χ1v) is 5.44. The van der Waals surface area contributed by atoms with Crippen molar-refractivity contribution in [2.24, 2.45) is 10.4 Å². The average Bonchev–Trinajstić information content (AvgIpc) is 2.15. The molecule has 1 atom stereocenters. The molecular formula is C12H15ClN2. The monoisotopic (exact) mass is 222 g/mol. The summed E-state index contributed by atoms with van der Waals surface area (Å²) in [5, 5.41) is 4.04. The Morgan fingerprint density at radius 3 is 2.73 bits per heavy atom. The molecule has 1 heterocycles. The van der Waals surface area contributed by atoms with Gasteiger partial charge in [0.15, 0.2) is 0 Å². The van der Waals surface area contributed by atoms with Crippen LogP contribution in [0.5, 0.6) is 0 Å². The van der Waals surface area contributed by atoms with Crippen molar-refractivity contribution < 1.29 is 0 Å². The minimum absolute atomic E-state index is 0.162. The van der Waals surface area contributed by atoms with Gasteiger partial charge in [-0.25, -0.2) is 4.99 Å². The predicted octanol–water partition coefficient (Wildman–Crippen LogP) is 3.69. The molecule has 3 heteroatoms. The van der Waals surface area contributed by atoms with E-state index in [1.54, 1.807) is 6.34 Å². The number of nitrogens with one attached hydrogen (secondary N) is 1. The van der Waals surface area contributed by atoms with Gasteiger partial charge in [-0.1, -0.05) is 38.4 Å². The van der Waals surface area contributed by atoms with Gasteiger partial charge in [-0.15, -0.1) is 0 Å². The fourth-order valence-electron chi connectivity index (χ4n) is 1.86. The second-order valence-corrected chi connectivity index (χ2v) is 5.36. The Bertz CT molecular complexity index is 405. The molecule has 2 rings (SSSR count). The molecule has 80 valence electrons. The molecule has 1 aromatic carbocycles. The molecular weight excluding hydrogens is 208 g/mol. The number of halogens is 1. The molecule has 0 fully saturated rings. The SMILES string of the molecule is CC(C)(C)C1NC=Nc2cc(Cl)ccc21. The molecule has 1 aliphatic rings. The fourth-order valence-corrected chi connectivity index (χ4v) is 2.03. The average molecular weight is 223 g/mol. The number of benzene rings is 1. The third kappa shape index (κ3) is 2.00. The second kappa shape index (κ2) is 3.53. The van der Waals surface area contributed by atoms with E-state index >= 15 is 0 Å². The number of fused-ring (bicyclic) bond motifs is 1. The van der Waals surface area contributed by atoms with Gasteiger partial charge in [-0.2, -0.15) is 0 Å². The molecule has 1 aliphatic heterocycles. The molecule has 0 spiro atoms. The van der Waals surface area contributed by atoms with Crippen LogP contribution in [-0.2, 0) is 0 Å². The molecule has 0 radical (unpaired) electrons. The molecule has 0 bridgehead atoms. The van der Waals surface area contributed by atoms with Crippen LogP contribution in [0.2, 0.25) is 5.02 Å². The smallest absolute Gasteiger partial charge is 0.0891 e. The van der Waals surface area contributed by atoms with E-state index in [2.05, 4.69) is 37.1 Å². The number of hydrogen-bond acceptors (Lipinski definition) is 2. The van der Waals surface area contributed by atoms with Gasteiger partial charge >= 0.3 is 0 Å². The summed E-state index contributed by atoms with van der Waals surface area (Å²) < 4.78 is 0. The molecule has 0 amide bonds. The van der Waals surface area contributed by atoms with Crippen LogP contribution < -0.4 is 5.32 Å². The normalized spacial score (nSPS) is 19.6. The van der Waals surface area contributed by atoms with Crippen LogP contribution in [0.25, 0.3) is 0 Å². The van der Waals surface area contributed by atoms with Gasteiger partial charge < -0.3 is 5.32 Å². The number of aliphatic imine (C=N–C) groups is 1. The van der Waals surface area contributed by atoms with Crippen LogP contribution in [-0.4, -0.2) is 6.34 Å². The maximum atomic E-state index is 5.94. The maximum absolute atomic E-state index is 5.94. The Kier molecular flexibility index (Phi) is 2.47. The Morgan fingerprint density at radius 2 is 2.07 bits per heavy atom. The minimum atomic E-state index is 0.162. The van der Waals surface area contributed by atoms with Crippen LogP contribution in [0.15, 0.2) is 23.2 Å². The van der Waals surface area contributed by atoms with Crippen molar-refractivity contribution in [1.29, 1.82) is 0 Å². The lowest BCUT2D eigenvalue weighted by Gasteiger charge is -2.34. The highest BCUT2D eigenvalue weighted by molar-refractivity contribution is 6.30. The summed E-state index contributed by atoms with van der Waals surface area (Å²) in [4.78, 5) is 4.30. The van der Waals surface area contributed by atoms with E-state index in [1.165, 1.54) is 5.56 Å². The topological polar surface area (TPSA) is 24.4 Å². The molecule has 2 nitrogen and oxygen atoms in total. The van der Waals surface area contributed by atoms with E-state index in [-0.39, 0.29) is 5.41 Å². The molecule has 0 aromatic heterocycles. The van der Waals surface area contributed by atoms with Crippen molar-refractivity contribution in [2.45, 2.75) is 26.8 Å². The summed E-state index contributed by atoms with van der Waals surface area (Å²) in [5.41, 5.74) is 2.35. The lowest BCUT2D eigenvalue weighted by atomic mass is 9.81. The van der Waals surface area contributed by atoms with E-state index in [0.717, 1.165) is 10.7 Å². The summed E-state index contributed by atoms with van der Waals surface area (Å²) >= 11 is 5.94. The summed E-state index contributed by atoms with van der Waals surface area (Å²) in [5.74, 6) is 0. The highest BCUT2D eigenvalue weighted by Crippen LogP contribution is 2.39. The van der Waals surface area contributed by atoms with Crippen molar-refractivity contribution >= 4 is 23.6 Å². The molecule has 0 saturated carbocycles. The van der Waals surface area contributed by atoms with Gasteiger partial charge in [0.1, 0.15) is 0 Å². The highest BCUT2D eigenvalue weighted by Gasteiger charge is 2.29. The molecule has 1 aromatic rings. The standard InChI is InChI=1S/C12H15ClN2/c1-12(2,3)11-9-5-4-8(13)6-10(9)14-7-15-11/h4-7,11H,1-3H3,(H,14,15). The van der Waals surface area contributed by atoms with E-state index in [0.29, 0.717) is 6.04 Å². The molecule has 1 N–H and O–H groups in total. The minimum Gasteiger partial charge on any atom is -0.369 e. The van der Waals surface area contributed by atoms with Crippen molar-refractivity contribution in [1.82, 2.24) is 5.32 Å². The summed E-state index contributed by atoms with van der Waals surface area (Å²) in [6.07, 6.45) is 1.76. The fraction of sp³-hybridized carbons (Fsp3) is 0.417. The zero-order valence-corrected chi connectivity index (χ0v) is 9.97. The largest absolute Gasteiger partial charge is 0.369 e. The van der Waals surface area contributed by atoms with Gasteiger partial charge in [0.2, 0.25) is 0 Å². The highest BCUT2D eigenvalue weighted by atomic mass is 35.5. The van der Waals surface area contributed by atoms with E-state index in [1.807, 2.05) is 12.1 Å². The first kappa shape index (κ1) is 10.5. The third-order valence-corrected chi connectivity index (χ3v) is 2.85. The third-order valence-electron chi connectivity index (χ3n) is 2.61. The Labute approximate surface area is 95.4 Å². The summed E-state index contributed by atoms with van der Waals surface area (Å²) in [7, 11) is 0. The van der Waals surface area contributed by atoms with Gasteiger partial charge in [0, 0.05) is 10.6 Å². The lowest BCUT2D eigenvalue weighted by molar-refractivity contribution is 0.303. The second-order valence-electron chi connectivity index (χ2n) is 4.93. The van der Waals surface area contributed by atoms with Gasteiger partial charge in [-0.3, -0.25) is 0 Å². The van der Waals surface area contributed by atoms with E-state index in [4.69, 9.17) is 11.6 Å². The molecule has 1 unspecified atom stereocenters. The Morgan fingerprint density at radius 1 is 1.33 bits per heavy atom. The molecule has 15 heavy (non-hydrogen) atoms. The first-order valence-electron chi connectivity index (χ1n) is 5.06. The van der Waals surface area contributed by atoms with Crippen molar-refractivity contribution in [3.05, 3.63) is 28.8 Å². The van der Waals surface area contributed by atoms with Crippen molar-refractivity contribution in [3.63, 3.8) is 0 Å². The zero-order valence-electron chi connectivity index (χ0n) is 9.21. The first-order chi connectivity index (χ1) is 6.98. The van der Waals surface area contributed by atoms with Crippen molar-refractivity contribution in [3.8, 4) is 0 Å². The lowest BCUT2D eigenvalue weighted by Crippen LogP contribution is -2.33. The molecule has 0 saturated heterocycles. The Hall–Kier alpha value is -1.02. The van der Waals surface area contributed by atoms with Crippen LogP contribution in [0.4, 0.5) is 5.69 Å². The summed E-state index contributed by atoms with van der Waals surface area (Å²) in [6, 6.07) is 6.17. The van der Waals surface area contributed by atoms with Crippen LogP contribution in [0.1, 0.15) is 32.4 Å². The quantitative estimate of drug-likeness (QED) is 0.712. The van der Waals surface area contributed by atoms with E-state index in [9.17, 15) is 0 Å². The van der Waals surface area contributed by atoms with Gasteiger partial charge in [0.05, 0.1) is 18.1 Å². The van der Waals surface area contributed by atoms with Crippen LogP contribution in [0.3, 0.4) is 0 Å². The summed E-state index contributed by atoms with van der Waals surface area (Å²) in [6.45, 7) is 6.63. The van der Waals surface area contributed by atoms with Gasteiger partial charge in [-0.05, 0) is 17.5 Å². The predicted molar refractivity (Wildman–Crippen MR) is 64.9 cm³/mol. The van der Waals surface area contributed by atoms with Crippen LogP contribution >= 0.6 is 11.6 Å². The van der Waals surface area contributed by atoms with E-state index < -0.39 is 0 Å². The number of nitrogens with zero attached hydrogens (tertiary/aromatic N) is 1.